The second kappa shape index (κ2) is 6.00. The Hall–Kier alpha value is -2.64. The number of amides is 1. The molecule has 0 N–H and O–H groups in total. The van der Waals surface area contributed by atoms with Gasteiger partial charge in [0.2, 0.25) is 11.8 Å². The first kappa shape index (κ1) is 14.3. The summed E-state index contributed by atoms with van der Waals surface area (Å²) in [7, 11) is 3.26. The topological polar surface area (TPSA) is 82.4 Å². The van der Waals surface area contributed by atoms with E-state index in [-0.39, 0.29) is 12.0 Å². The van der Waals surface area contributed by atoms with Crippen LogP contribution in [0.15, 0.2) is 24.5 Å². The molecule has 0 aliphatic carbocycles. The molecule has 2 aromatic heterocycles. The van der Waals surface area contributed by atoms with Crippen molar-refractivity contribution in [1.29, 1.82) is 0 Å². The largest absolute Gasteiger partial charge is 0.479 e. The number of aromatic nitrogens is 4. The molecule has 22 heavy (non-hydrogen) atoms. The Morgan fingerprint density at radius 2 is 2.32 bits per heavy atom. The lowest BCUT2D eigenvalue weighted by Crippen LogP contribution is -2.31. The third-order valence-electron chi connectivity index (χ3n) is 3.49. The molecule has 8 nitrogen and oxygen atoms in total. The summed E-state index contributed by atoms with van der Waals surface area (Å²) >= 11 is 0. The SMILES string of the molecule is COc1nn(C)cc1C(=O)N1CC[C@@H](Oc2cccnn2)C1. The van der Waals surface area contributed by atoms with Gasteiger partial charge in [-0.25, -0.2) is 0 Å². The molecule has 116 valence electrons. The molecular weight excluding hydrogens is 286 g/mol. The lowest BCUT2D eigenvalue weighted by Gasteiger charge is -2.16. The molecule has 1 aliphatic rings. The van der Waals surface area contributed by atoms with Crippen LogP contribution in [0.25, 0.3) is 0 Å². The van der Waals surface area contributed by atoms with Crippen LogP contribution in [0.2, 0.25) is 0 Å². The van der Waals surface area contributed by atoms with Crippen molar-refractivity contribution in [3.63, 3.8) is 0 Å². The smallest absolute Gasteiger partial charge is 0.261 e. The number of ether oxygens (including phenoxy) is 2. The van der Waals surface area contributed by atoms with Gasteiger partial charge in [0.15, 0.2) is 0 Å². The molecule has 3 rings (SSSR count). The summed E-state index contributed by atoms with van der Waals surface area (Å²) in [4.78, 5) is 14.3. The lowest BCUT2D eigenvalue weighted by molar-refractivity contribution is 0.0767. The number of aryl methyl sites for hydroxylation is 1. The highest BCUT2D eigenvalue weighted by Gasteiger charge is 2.31. The van der Waals surface area contributed by atoms with Gasteiger partial charge in [0.1, 0.15) is 11.7 Å². The van der Waals surface area contributed by atoms with Gasteiger partial charge in [0, 0.05) is 38.5 Å². The van der Waals surface area contributed by atoms with Gasteiger partial charge in [-0.1, -0.05) is 0 Å². The van der Waals surface area contributed by atoms with Crippen LogP contribution in [-0.2, 0) is 7.05 Å². The van der Waals surface area contributed by atoms with Gasteiger partial charge in [-0.3, -0.25) is 9.48 Å². The number of methoxy groups -OCH3 is 1. The number of nitrogens with zero attached hydrogens (tertiary/aromatic N) is 5. The summed E-state index contributed by atoms with van der Waals surface area (Å²) in [5.41, 5.74) is 0.463. The average Bonchev–Trinajstić information content (AvgIpc) is 3.14. The third-order valence-corrected chi connectivity index (χ3v) is 3.49. The highest BCUT2D eigenvalue weighted by Crippen LogP contribution is 2.22. The summed E-state index contributed by atoms with van der Waals surface area (Å²) in [6.45, 7) is 1.13. The Morgan fingerprint density at radius 1 is 1.45 bits per heavy atom. The first-order valence-electron chi connectivity index (χ1n) is 6.98. The van der Waals surface area contributed by atoms with Gasteiger partial charge in [0.25, 0.3) is 5.91 Å². The molecule has 1 fully saturated rings. The van der Waals surface area contributed by atoms with Gasteiger partial charge < -0.3 is 14.4 Å². The van der Waals surface area contributed by atoms with E-state index in [0.29, 0.717) is 30.4 Å². The lowest BCUT2D eigenvalue weighted by atomic mass is 10.3. The molecule has 2 aromatic rings. The number of hydrogen-bond acceptors (Lipinski definition) is 6. The summed E-state index contributed by atoms with van der Waals surface area (Å²) < 4.78 is 12.4. The zero-order valence-electron chi connectivity index (χ0n) is 12.5. The van der Waals surface area contributed by atoms with E-state index in [0.717, 1.165) is 6.42 Å². The van der Waals surface area contributed by atoms with Crippen LogP contribution in [0.5, 0.6) is 11.8 Å². The van der Waals surface area contributed by atoms with Crippen LogP contribution in [0, 0.1) is 0 Å². The molecule has 0 bridgehead atoms. The Labute approximate surface area is 127 Å². The third kappa shape index (κ3) is 2.85. The minimum absolute atomic E-state index is 0.0803. The molecule has 0 radical (unpaired) electrons. The van der Waals surface area contributed by atoms with Crippen LogP contribution in [0.4, 0.5) is 0 Å². The van der Waals surface area contributed by atoms with E-state index in [1.165, 1.54) is 7.11 Å². The van der Waals surface area contributed by atoms with Gasteiger partial charge >= 0.3 is 0 Å². The van der Waals surface area contributed by atoms with Crippen LogP contribution in [-0.4, -0.2) is 57.1 Å². The van der Waals surface area contributed by atoms with Crippen molar-refractivity contribution >= 4 is 5.91 Å². The fraction of sp³-hybridized carbons (Fsp3) is 0.429. The van der Waals surface area contributed by atoms with Gasteiger partial charge in [-0.2, -0.15) is 5.10 Å². The van der Waals surface area contributed by atoms with Crippen LogP contribution >= 0.6 is 0 Å². The van der Waals surface area contributed by atoms with Gasteiger partial charge in [0.05, 0.1) is 13.7 Å². The number of likely N-dealkylation sites (tertiary alicyclic amines) is 1. The maximum absolute atomic E-state index is 12.5. The van der Waals surface area contributed by atoms with Gasteiger partial charge in [-0.15, -0.1) is 10.2 Å². The number of hydrogen-bond donors (Lipinski definition) is 0. The average molecular weight is 303 g/mol. The minimum Gasteiger partial charge on any atom is -0.479 e. The minimum atomic E-state index is -0.102. The summed E-state index contributed by atoms with van der Waals surface area (Å²) in [5, 5.41) is 11.8. The van der Waals surface area contributed by atoms with Crippen LogP contribution in [0.3, 0.4) is 0 Å². The van der Waals surface area contributed by atoms with E-state index < -0.39 is 0 Å². The predicted octanol–water partition coefficient (Wildman–Crippen LogP) is 0.512. The molecule has 1 atom stereocenters. The molecule has 3 heterocycles. The van der Waals surface area contributed by atoms with Gasteiger partial charge in [-0.05, 0) is 6.07 Å². The molecular formula is C14H17N5O3. The van der Waals surface area contributed by atoms with Crippen molar-refractivity contribution in [1.82, 2.24) is 24.9 Å². The second-order valence-corrected chi connectivity index (χ2v) is 5.07. The fourth-order valence-corrected chi connectivity index (χ4v) is 2.47. The van der Waals surface area contributed by atoms with Crippen molar-refractivity contribution in [2.45, 2.75) is 12.5 Å². The first-order valence-corrected chi connectivity index (χ1v) is 6.98. The Bertz CT molecular complexity index is 658. The molecule has 0 unspecified atom stereocenters. The summed E-state index contributed by atoms with van der Waals surface area (Å²) in [6.07, 6.45) is 3.93. The van der Waals surface area contributed by atoms with E-state index in [1.54, 1.807) is 41.2 Å². The Morgan fingerprint density at radius 3 is 3.05 bits per heavy atom. The van der Waals surface area contributed by atoms with E-state index >= 15 is 0 Å². The van der Waals surface area contributed by atoms with Crippen molar-refractivity contribution < 1.29 is 14.3 Å². The zero-order chi connectivity index (χ0) is 15.5. The number of carbonyl (C=O) groups excluding carboxylic acids is 1. The maximum atomic E-state index is 12.5. The second-order valence-electron chi connectivity index (χ2n) is 5.07. The molecule has 0 saturated carbocycles. The van der Waals surface area contributed by atoms with E-state index in [1.807, 2.05) is 0 Å². The molecule has 0 aromatic carbocycles. The molecule has 8 heteroatoms. The predicted molar refractivity (Wildman–Crippen MR) is 76.7 cm³/mol. The van der Waals surface area contributed by atoms with Crippen LogP contribution in [0.1, 0.15) is 16.8 Å². The maximum Gasteiger partial charge on any atom is 0.261 e. The first-order chi connectivity index (χ1) is 10.7. The Kier molecular flexibility index (Phi) is 3.90. The van der Waals surface area contributed by atoms with Crippen molar-refractivity contribution in [2.75, 3.05) is 20.2 Å². The van der Waals surface area contributed by atoms with Crippen LogP contribution < -0.4 is 9.47 Å². The number of carbonyl (C=O) groups is 1. The monoisotopic (exact) mass is 303 g/mol. The highest BCUT2D eigenvalue weighted by molar-refractivity contribution is 5.96. The van der Waals surface area contributed by atoms with Crippen molar-refractivity contribution in [2.24, 2.45) is 7.05 Å². The Balaban J connectivity index is 1.66. The van der Waals surface area contributed by atoms with Crippen molar-refractivity contribution in [3.8, 4) is 11.8 Å². The molecule has 1 amide bonds. The number of rotatable bonds is 4. The molecule has 0 spiro atoms. The molecule has 1 saturated heterocycles. The zero-order valence-corrected chi connectivity index (χ0v) is 12.5. The fourth-order valence-electron chi connectivity index (χ4n) is 2.47. The highest BCUT2D eigenvalue weighted by atomic mass is 16.5. The standard InChI is InChI=1S/C14H17N5O3/c1-18-9-11(13(17-18)21-2)14(20)19-7-5-10(8-19)22-12-4-3-6-15-16-12/h3-4,6,9-10H,5,7-8H2,1-2H3/t10-/m1/s1. The molecule has 1 aliphatic heterocycles. The summed E-state index contributed by atoms with van der Waals surface area (Å²) in [6, 6.07) is 3.52. The van der Waals surface area contributed by atoms with Crippen molar-refractivity contribution in [3.05, 3.63) is 30.1 Å². The summed E-state index contributed by atoms with van der Waals surface area (Å²) in [5.74, 6) is 0.710. The van der Waals surface area contributed by atoms with E-state index in [2.05, 4.69) is 15.3 Å². The van der Waals surface area contributed by atoms with E-state index in [4.69, 9.17) is 9.47 Å². The normalized spacial score (nSPS) is 17.5. The van der Waals surface area contributed by atoms with E-state index in [9.17, 15) is 4.79 Å². The quantitative estimate of drug-likeness (QED) is 0.818.